The first-order valence-corrected chi connectivity index (χ1v) is 7.91. The summed E-state index contributed by atoms with van der Waals surface area (Å²) in [5, 5.41) is 49.0. The highest BCUT2D eigenvalue weighted by molar-refractivity contribution is 5.54. The maximum Gasteiger partial charge on any atom is 0.229 e. The number of hydrogen-bond acceptors (Lipinski definition) is 9. The molecule has 1 aliphatic rings. The average molecular weight is 372 g/mol. The Kier molecular flexibility index (Phi) is 6.81. The van der Waals surface area contributed by atoms with Gasteiger partial charge in [0.05, 0.1) is 26.9 Å². The van der Waals surface area contributed by atoms with E-state index in [1.165, 1.54) is 32.4 Å². The van der Waals surface area contributed by atoms with Crippen molar-refractivity contribution >= 4 is 0 Å². The Bertz CT molecular complexity index is 593. The average Bonchev–Trinajstić information content (AvgIpc) is 2.67. The van der Waals surface area contributed by atoms with E-state index in [9.17, 15) is 25.5 Å². The molecule has 0 radical (unpaired) electrons. The summed E-state index contributed by atoms with van der Waals surface area (Å²) >= 11 is 0. The fourth-order valence-corrected chi connectivity index (χ4v) is 2.60. The standard InChI is InChI=1S/C17H24O9/c1-4-9(19)8-5-10(23-2)16(11(6-8)24-3)26-17-15(22)14(21)13(20)12(7-18)25-17/h4-6,9,12-15,17-22H,1,7H2,2-3H3/t9-,12+,13+,14-,15+,17-/m0/s1. The van der Waals surface area contributed by atoms with Gasteiger partial charge in [0, 0.05) is 0 Å². The van der Waals surface area contributed by atoms with Gasteiger partial charge in [-0.1, -0.05) is 6.08 Å². The van der Waals surface area contributed by atoms with Crippen LogP contribution in [0.4, 0.5) is 0 Å². The first kappa shape index (κ1) is 20.4. The third-order valence-electron chi connectivity index (χ3n) is 4.13. The van der Waals surface area contributed by atoms with Crippen LogP contribution in [0.1, 0.15) is 11.7 Å². The van der Waals surface area contributed by atoms with Crippen molar-refractivity contribution in [3.8, 4) is 17.2 Å². The molecule has 26 heavy (non-hydrogen) atoms. The van der Waals surface area contributed by atoms with Crippen LogP contribution in [0.15, 0.2) is 24.8 Å². The van der Waals surface area contributed by atoms with Gasteiger partial charge in [-0.15, -0.1) is 6.58 Å². The van der Waals surface area contributed by atoms with E-state index >= 15 is 0 Å². The molecule has 1 fully saturated rings. The minimum absolute atomic E-state index is 0.0549. The first-order chi connectivity index (χ1) is 12.4. The highest BCUT2D eigenvalue weighted by Gasteiger charge is 2.45. The molecule has 0 bridgehead atoms. The van der Waals surface area contributed by atoms with Crippen molar-refractivity contribution in [2.24, 2.45) is 0 Å². The molecule has 1 aromatic rings. The Labute approximate surface area is 150 Å². The summed E-state index contributed by atoms with van der Waals surface area (Å²) in [5.41, 5.74) is 0.440. The topological polar surface area (TPSA) is 138 Å². The molecule has 0 saturated carbocycles. The molecular weight excluding hydrogens is 348 g/mol. The second-order valence-electron chi connectivity index (χ2n) is 5.75. The number of hydrogen-bond donors (Lipinski definition) is 5. The summed E-state index contributed by atoms with van der Waals surface area (Å²) in [5.74, 6) is 0.411. The predicted molar refractivity (Wildman–Crippen MR) is 89.1 cm³/mol. The fourth-order valence-electron chi connectivity index (χ4n) is 2.60. The van der Waals surface area contributed by atoms with Crippen molar-refractivity contribution in [3.63, 3.8) is 0 Å². The molecular formula is C17H24O9. The highest BCUT2D eigenvalue weighted by atomic mass is 16.7. The van der Waals surface area contributed by atoms with Gasteiger partial charge >= 0.3 is 0 Å². The Morgan fingerprint density at radius 2 is 1.69 bits per heavy atom. The van der Waals surface area contributed by atoms with Gasteiger partial charge in [0.25, 0.3) is 0 Å². The van der Waals surface area contributed by atoms with E-state index in [0.29, 0.717) is 5.56 Å². The summed E-state index contributed by atoms with van der Waals surface area (Å²) < 4.78 is 21.4. The van der Waals surface area contributed by atoms with E-state index in [1.54, 1.807) is 0 Å². The van der Waals surface area contributed by atoms with Gasteiger partial charge in [-0.2, -0.15) is 0 Å². The molecule has 1 saturated heterocycles. The van der Waals surface area contributed by atoms with Crippen LogP contribution in [0.5, 0.6) is 17.2 Å². The van der Waals surface area contributed by atoms with Gasteiger partial charge in [-0.25, -0.2) is 0 Å². The molecule has 9 heteroatoms. The Balaban J connectivity index is 2.37. The molecule has 6 atom stereocenters. The molecule has 146 valence electrons. The van der Waals surface area contributed by atoms with E-state index in [2.05, 4.69) is 6.58 Å². The molecule has 5 N–H and O–H groups in total. The molecule has 9 nitrogen and oxygen atoms in total. The molecule has 0 unspecified atom stereocenters. The zero-order chi connectivity index (χ0) is 19.4. The number of methoxy groups -OCH3 is 2. The van der Waals surface area contributed by atoms with Crippen LogP contribution >= 0.6 is 0 Å². The Morgan fingerprint density at radius 1 is 1.12 bits per heavy atom. The lowest BCUT2D eigenvalue weighted by molar-refractivity contribution is -0.277. The minimum Gasteiger partial charge on any atom is -0.493 e. The largest absolute Gasteiger partial charge is 0.493 e. The molecule has 2 rings (SSSR count). The number of benzene rings is 1. The SMILES string of the molecule is C=C[C@H](O)c1cc(OC)c(O[C@@H]2O[C@H](CO)[C@@H](O)[C@H](O)[C@H]2O)c(OC)c1. The summed E-state index contributed by atoms with van der Waals surface area (Å²) in [6.07, 6.45) is -6.80. The van der Waals surface area contributed by atoms with Gasteiger partial charge in [0.2, 0.25) is 12.0 Å². The van der Waals surface area contributed by atoms with Crippen LogP contribution < -0.4 is 14.2 Å². The lowest BCUT2D eigenvalue weighted by Crippen LogP contribution is -2.60. The smallest absolute Gasteiger partial charge is 0.229 e. The summed E-state index contributed by atoms with van der Waals surface area (Å²) in [4.78, 5) is 0. The summed E-state index contributed by atoms with van der Waals surface area (Å²) in [6, 6.07) is 2.99. The second-order valence-corrected chi connectivity index (χ2v) is 5.75. The molecule has 1 aliphatic heterocycles. The van der Waals surface area contributed by atoms with Crippen LogP contribution in [0.2, 0.25) is 0 Å². The van der Waals surface area contributed by atoms with Crippen LogP contribution in [-0.4, -0.2) is 77.1 Å². The van der Waals surface area contributed by atoms with Gasteiger partial charge in [-0.3, -0.25) is 0 Å². The van der Waals surface area contributed by atoms with Gasteiger partial charge < -0.3 is 44.5 Å². The van der Waals surface area contributed by atoms with Crippen molar-refractivity contribution in [1.29, 1.82) is 0 Å². The van der Waals surface area contributed by atoms with Crippen molar-refractivity contribution in [2.45, 2.75) is 36.8 Å². The Hall–Kier alpha value is -1.88. The monoisotopic (exact) mass is 372 g/mol. The normalized spacial score (nSPS) is 29.7. The molecule has 0 aromatic heterocycles. The van der Waals surface area contributed by atoms with E-state index in [-0.39, 0.29) is 17.2 Å². The molecule has 0 spiro atoms. The van der Waals surface area contributed by atoms with E-state index in [1.807, 2.05) is 0 Å². The van der Waals surface area contributed by atoms with Crippen molar-refractivity contribution < 1.29 is 44.5 Å². The molecule has 0 aliphatic carbocycles. The van der Waals surface area contributed by atoms with Gasteiger partial charge in [0.1, 0.15) is 24.4 Å². The number of ether oxygens (including phenoxy) is 4. The van der Waals surface area contributed by atoms with Gasteiger partial charge in [0.15, 0.2) is 11.5 Å². The lowest BCUT2D eigenvalue weighted by atomic mass is 9.99. The third kappa shape index (κ3) is 3.93. The third-order valence-corrected chi connectivity index (χ3v) is 4.13. The zero-order valence-corrected chi connectivity index (χ0v) is 14.5. The summed E-state index contributed by atoms with van der Waals surface area (Å²) in [6.45, 7) is 2.94. The number of aliphatic hydroxyl groups excluding tert-OH is 5. The van der Waals surface area contributed by atoms with Crippen molar-refractivity contribution in [2.75, 3.05) is 20.8 Å². The van der Waals surface area contributed by atoms with Crippen LogP contribution in [0.25, 0.3) is 0 Å². The molecule has 0 amide bonds. The van der Waals surface area contributed by atoms with Gasteiger partial charge in [-0.05, 0) is 17.7 Å². The maximum absolute atomic E-state index is 10.1. The van der Waals surface area contributed by atoms with E-state index in [0.717, 1.165) is 0 Å². The minimum atomic E-state index is -1.58. The Morgan fingerprint density at radius 3 is 2.15 bits per heavy atom. The zero-order valence-electron chi connectivity index (χ0n) is 14.5. The quantitative estimate of drug-likeness (QED) is 0.386. The van der Waals surface area contributed by atoms with Crippen LogP contribution in [-0.2, 0) is 4.74 Å². The van der Waals surface area contributed by atoms with Crippen molar-refractivity contribution in [3.05, 3.63) is 30.4 Å². The molecule has 1 heterocycles. The second kappa shape index (κ2) is 8.67. The predicted octanol–water partition coefficient (Wildman–Crippen LogP) is -0.898. The summed E-state index contributed by atoms with van der Waals surface area (Å²) in [7, 11) is 2.75. The van der Waals surface area contributed by atoms with E-state index < -0.39 is 43.4 Å². The fraction of sp³-hybridized carbons (Fsp3) is 0.529. The van der Waals surface area contributed by atoms with Crippen LogP contribution in [0, 0.1) is 0 Å². The maximum atomic E-state index is 10.1. The lowest BCUT2D eigenvalue weighted by Gasteiger charge is -2.39. The first-order valence-electron chi connectivity index (χ1n) is 7.91. The highest BCUT2D eigenvalue weighted by Crippen LogP contribution is 2.41. The van der Waals surface area contributed by atoms with Crippen LogP contribution in [0.3, 0.4) is 0 Å². The number of rotatable bonds is 7. The van der Waals surface area contributed by atoms with E-state index in [4.69, 9.17) is 18.9 Å². The number of aliphatic hydroxyl groups is 5. The molecule has 1 aromatic carbocycles. The van der Waals surface area contributed by atoms with Crippen molar-refractivity contribution in [1.82, 2.24) is 0 Å².